The number of ketones is 1. The van der Waals surface area contributed by atoms with E-state index < -0.39 is 0 Å². The Morgan fingerprint density at radius 3 is 2.96 bits per heavy atom. The van der Waals surface area contributed by atoms with E-state index in [9.17, 15) is 9.90 Å². The van der Waals surface area contributed by atoms with Gasteiger partial charge < -0.3 is 10.4 Å². The largest absolute Gasteiger partial charge is 0.508 e. The van der Waals surface area contributed by atoms with Crippen molar-refractivity contribution in [2.75, 3.05) is 11.6 Å². The van der Waals surface area contributed by atoms with Gasteiger partial charge in [-0.2, -0.15) is 4.98 Å². The first kappa shape index (κ1) is 15.3. The van der Waals surface area contributed by atoms with Crippen LogP contribution in [0.1, 0.15) is 31.4 Å². The fraction of sp³-hybridized carbons (Fsp3) is 0.353. The van der Waals surface area contributed by atoms with Crippen LogP contribution in [0.5, 0.6) is 5.75 Å². The lowest BCUT2D eigenvalue weighted by molar-refractivity contribution is -0.117. The summed E-state index contributed by atoms with van der Waals surface area (Å²) in [6.07, 6.45) is 3.28. The van der Waals surface area contributed by atoms with Crippen molar-refractivity contribution >= 4 is 23.5 Å². The summed E-state index contributed by atoms with van der Waals surface area (Å²) in [6.45, 7) is 2.08. The smallest absolute Gasteiger partial charge is 0.227 e. The molecule has 1 aromatic carbocycles. The highest BCUT2D eigenvalue weighted by atomic mass is 32.2. The number of anilines is 1. The van der Waals surface area contributed by atoms with Crippen LogP contribution in [0, 0.1) is 5.92 Å². The highest BCUT2D eigenvalue weighted by Gasteiger charge is 2.38. The van der Waals surface area contributed by atoms with Crippen molar-refractivity contribution in [2.45, 2.75) is 31.0 Å². The molecule has 1 aromatic heterocycles. The number of fused-ring (bicyclic) bond motifs is 1. The fourth-order valence-corrected chi connectivity index (χ4v) is 3.82. The Balaban J connectivity index is 1.92. The van der Waals surface area contributed by atoms with Crippen LogP contribution in [0.3, 0.4) is 0 Å². The molecule has 7 heteroatoms. The maximum absolute atomic E-state index is 12.8. The SMILES string of the molecule is CSc1nc2n(n1)[C@H](c1cccc(O)c1)C1=C(C[C@@H](C)CC1=O)N2. The van der Waals surface area contributed by atoms with E-state index in [0.717, 1.165) is 23.3 Å². The number of thioether (sulfide) groups is 1. The van der Waals surface area contributed by atoms with Crippen molar-refractivity contribution in [1.82, 2.24) is 14.8 Å². The molecular formula is C17H18N4O2S. The van der Waals surface area contributed by atoms with Gasteiger partial charge in [-0.25, -0.2) is 4.68 Å². The quantitative estimate of drug-likeness (QED) is 0.817. The number of phenolic OH excluding ortho intramolecular Hbond substituents is 1. The Labute approximate surface area is 144 Å². The van der Waals surface area contributed by atoms with E-state index in [1.54, 1.807) is 22.9 Å². The predicted octanol–water partition coefficient (Wildman–Crippen LogP) is 2.97. The Hall–Kier alpha value is -2.28. The molecule has 24 heavy (non-hydrogen) atoms. The van der Waals surface area contributed by atoms with E-state index >= 15 is 0 Å². The summed E-state index contributed by atoms with van der Waals surface area (Å²) in [4.78, 5) is 17.3. The molecule has 2 heterocycles. The van der Waals surface area contributed by atoms with Gasteiger partial charge >= 0.3 is 0 Å². The molecule has 6 nitrogen and oxygen atoms in total. The van der Waals surface area contributed by atoms with Gasteiger partial charge in [0.15, 0.2) is 5.78 Å². The van der Waals surface area contributed by atoms with Gasteiger partial charge in [-0.1, -0.05) is 30.8 Å². The predicted molar refractivity (Wildman–Crippen MR) is 92.1 cm³/mol. The van der Waals surface area contributed by atoms with Gasteiger partial charge in [0, 0.05) is 17.7 Å². The van der Waals surface area contributed by atoms with Crippen molar-refractivity contribution in [1.29, 1.82) is 0 Å². The summed E-state index contributed by atoms with van der Waals surface area (Å²) in [5.41, 5.74) is 2.51. The number of nitrogens with zero attached hydrogens (tertiary/aromatic N) is 3. The number of phenols is 1. The molecule has 0 saturated carbocycles. The third-order valence-corrected chi connectivity index (χ3v) is 5.01. The number of nitrogens with one attached hydrogen (secondary N) is 1. The van der Waals surface area contributed by atoms with Crippen LogP contribution < -0.4 is 5.32 Å². The minimum atomic E-state index is -0.350. The second-order valence-electron chi connectivity index (χ2n) is 6.32. The Bertz CT molecular complexity index is 858. The molecule has 0 unspecified atom stereocenters. The van der Waals surface area contributed by atoms with Crippen molar-refractivity contribution in [2.24, 2.45) is 5.92 Å². The van der Waals surface area contributed by atoms with Crippen LogP contribution >= 0.6 is 11.8 Å². The molecule has 4 rings (SSSR count). The highest BCUT2D eigenvalue weighted by molar-refractivity contribution is 7.98. The second-order valence-corrected chi connectivity index (χ2v) is 7.09. The Morgan fingerprint density at radius 2 is 2.21 bits per heavy atom. The van der Waals surface area contributed by atoms with Crippen LogP contribution in [0.15, 0.2) is 40.7 Å². The molecule has 0 spiro atoms. The number of hydrogen-bond acceptors (Lipinski definition) is 6. The van der Waals surface area contributed by atoms with Gasteiger partial charge in [-0.05, 0) is 36.3 Å². The summed E-state index contributed by atoms with van der Waals surface area (Å²) in [7, 11) is 0. The number of Topliss-reactive ketones (excluding diaryl/α,β-unsaturated/α-hetero) is 1. The number of aromatic nitrogens is 3. The van der Waals surface area contributed by atoms with E-state index in [1.807, 2.05) is 12.3 Å². The molecule has 2 aliphatic rings. The lowest BCUT2D eigenvalue weighted by Gasteiger charge is -2.34. The van der Waals surface area contributed by atoms with E-state index in [2.05, 4.69) is 22.3 Å². The molecular weight excluding hydrogens is 324 g/mol. The molecule has 1 aliphatic carbocycles. The van der Waals surface area contributed by atoms with E-state index in [0.29, 0.717) is 23.4 Å². The van der Waals surface area contributed by atoms with Gasteiger partial charge in [0.05, 0.1) is 0 Å². The van der Waals surface area contributed by atoms with E-state index in [4.69, 9.17) is 0 Å². The highest BCUT2D eigenvalue weighted by Crippen LogP contribution is 2.42. The third-order valence-electron chi connectivity index (χ3n) is 4.47. The molecule has 2 N–H and O–H groups in total. The van der Waals surface area contributed by atoms with Gasteiger partial charge in [-0.15, -0.1) is 5.10 Å². The zero-order chi connectivity index (χ0) is 16.8. The minimum absolute atomic E-state index is 0.136. The number of rotatable bonds is 2. The molecule has 2 aromatic rings. The average molecular weight is 342 g/mol. The van der Waals surface area contributed by atoms with Crippen LogP contribution in [0.4, 0.5) is 5.95 Å². The van der Waals surface area contributed by atoms with Gasteiger partial charge in [-0.3, -0.25) is 4.79 Å². The zero-order valence-electron chi connectivity index (χ0n) is 13.5. The number of allylic oxidation sites excluding steroid dienone is 2. The summed E-state index contributed by atoms with van der Waals surface area (Å²) >= 11 is 1.46. The van der Waals surface area contributed by atoms with Gasteiger partial charge in [0.1, 0.15) is 11.8 Å². The van der Waals surface area contributed by atoms with Gasteiger partial charge in [0.25, 0.3) is 0 Å². The van der Waals surface area contributed by atoms with Crippen molar-refractivity contribution in [3.05, 3.63) is 41.1 Å². The molecule has 0 amide bonds. The first-order valence-electron chi connectivity index (χ1n) is 7.89. The summed E-state index contributed by atoms with van der Waals surface area (Å²) in [5.74, 6) is 1.27. The second kappa shape index (κ2) is 5.66. The van der Waals surface area contributed by atoms with Crippen LogP contribution in [-0.2, 0) is 4.79 Å². The van der Waals surface area contributed by atoms with Gasteiger partial charge in [0.2, 0.25) is 11.1 Å². The summed E-state index contributed by atoms with van der Waals surface area (Å²) < 4.78 is 1.76. The first-order valence-corrected chi connectivity index (χ1v) is 9.12. The first-order chi connectivity index (χ1) is 11.6. The fourth-order valence-electron chi connectivity index (χ4n) is 3.48. The topological polar surface area (TPSA) is 80.0 Å². The van der Waals surface area contributed by atoms with Crippen molar-refractivity contribution < 1.29 is 9.90 Å². The molecule has 2 atom stereocenters. The standard InChI is InChI=1S/C17H18N4O2S/c1-9-6-12-14(13(23)7-9)15(10-4-3-5-11(22)8-10)21-16(18-12)19-17(20-21)24-2/h3-5,8-9,15,22H,6-7H2,1-2H3,(H,18,19,20)/t9-,15-/m1/s1. The number of benzene rings is 1. The molecule has 0 radical (unpaired) electrons. The van der Waals surface area contributed by atoms with Crippen molar-refractivity contribution in [3.63, 3.8) is 0 Å². The van der Waals surface area contributed by atoms with Crippen LogP contribution in [-0.4, -0.2) is 31.9 Å². The molecule has 0 fully saturated rings. The molecule has 0 bridgehead atoms. The lowest BCUT2D eigenvalue weighted by Crippen LogP contribution is -2.33. The Kier molecular flexibility index (Phi) is 3.60. The Morgan fingerprint density at radius 1 is 1.38 bits per heavy atom. The number of carbonyl (C=O) groups excluding carboxylic acids is 1. The van der Waals surface area contributed by atoms with E-state index in [1.165, 1.54) is 11.8 Å². The summed E-state index contributed by atoms with van der Waals surface area (Å²) in [6, 6.07) is 6.66. The van der Waals surface area contributed by atoms with Crippen molar-refractivity contribution in [3.8, 4) is 5.75 Å². The number of carbonyl (C=O) groups is 1. The molecule has 124 valence electrons. The normalized spacial score (nSPS) is 22.8. The minimum Gasteiger partial charge on any atom is -0.508 e. The van der Waals surface area contributed by atoms with Crippen LogP contribution in [0.25, 0.3) is 0 Å². The number of hydrogen-bond donors (Lipinski definition) is 2. The lowest BCUT2D eigenvalue weighted by atomic mass is 9.81. The molecule has 0 saturated heterocycles. The van der Waals surface area contributed by atoms with Crippen LogP contribution in [0.2, 0.25) is 0 Å². The average Bonchev–Trinajstić information content (AvgIpc) is 2.95. The molecule has 1 aliphatic heterocycles. The monoisotopic (exact) mass is 342 g/mol. The maximum atomic E-state index is 12.8. The number of aromatic hydroxyl groups is 1. The third kappa shape index (κ3) is 2.39. The maximum Gasteiger partial charge on any atom is 0.227 e. The van der Waals surface area contributed by atoms with E-state index in [-0.39, 0.29) is 17.6 Å². The summed E-state index contributed by atoms with van der Waals surface area (Å²) in [5, 5.41) is 18.4. The zero-order valence-corrected chi connectivity index (χ0v) is 14.3.